The van der Waals surface area contributed by atoms with Gasteiger partial charge < -0.3 is 14.7 Å². The van der Waals surface area contributed by atoms with Gasteiger partial charge in [0.25, 0.3) is 0 Å². The van der Waals surface area contributed by atoms with E-state index in [1.54, 1.807) is 12.0 Å². The second-order valence-electron chi connectivity index (χ2n) is 7.19. The number of carbonyl (C=O) groups excluding carboxylic acids is 1. The summed E-state index contributed by atoms with van der Waals surface area (Å²) in [6.07, 6.45) is 1.79. The van der Waals surface area contributed by atoms with E-state index in [0.29, 0.717) is 0 Å². The van der Waals surface area contributed by atoms with Crippen molar-refractivity contribution < 1.29 is 14.6 Å². The Kier molecular flexibility index (Phi) is 4.59. The lowest BCUT2D eigenvalue weighted by Gasteiger charge is -2.51. The molecule has 2 aliphatic rings. The summed E-state index contributed by atoms with van der Waals surface area (Å²) in [5.74, 6) is 0.707. The third-order valence-corrected chi connectivity index (χ3v) is 5.63. The lowest BCUT2D eigenvalue weighted by molar-refractivity contribution is -0.148. The van der Waals surface area contributed by atoms with E-state index in [2.05, 4.69) is 6.07 Å². The lowest BCUT2D eigenvalue weighted by Crippen LogP contribution is -2.65. The smallest absolute Gasteiger partial charge is 0.227 e. The molecular formula is C22H22N2O3. The first-order chi connectivity index (χ1) is 13.2. The van der Waals surface area contributed by atoms with Gasteiger partial charge in [-0.1, -0.05) is 42.5 Å². The molecule has 1 saturated carbocycles. The molecule has 5 heteroatoms. The number of para-hydroxylation sites is 1. The van der Waals surface area contributed by atoms with Crippen LogP contribution in [-0.2, 0) is 4.79 Å². The highest BCUT2D eigenvalue weighted by molar-refractivity contribution is 5.83. The third kappa shape index (κ3) is 2.96. The number of hydrogen-bond acceptors (Lipinski definition) is 4. The molecular weight excluding hydrogens is 340 g/mol. The first kappa shape index (κ1) is 17.6. The van der Waals surface area contributed by atoms with E-state index in [0.717, 1.165) is 35.3 Å². The molecule has 2 fully saturated rings. The van der Waals surface area contributed by atoms with Crippen molar-refractivity contribution in [1.82, 2.24) is 4.90 Å². The average molecular weight is 362 g/mol. The molecule has 1 aliphatic carbocycles. The first-order valence-corrected chi connectivity index (χ1v) is 9.25. The predicted octanol–water partition coefficient (Wildman–Crippen LogP) is 2.95. The molecule has 1 amide bonds. The summed E-state index contributed by atoms with van der Waals surface area (Å²) in [7, 11) is 1.65. The Hall–Kier alpha value is -2.84. The number of methoxy groups -OCH3 is 1. The summed E-state index contributed by atoms with van der Waals surface area (Å²) in [6.45, 7) is -0.129. The van der Waals surface area contributed by atoms with Crippen LogP contribution < -0.4 is 4.74 Å². The zero-order chi connectivity index (χ0) is 19.0. The standard InChI is InChI=1S/C22H22N2O3/c1-27-20-5-3-2-4-17(20)14-6-8-15(9-7-14)21-18(12-23)24(19(21)13-25)22(26)16-10-11-16/h2-9,16,18-19,21,25H,10-11,13H2,1H3/t18-,19+,21-/m1/s1. The number of aliphatic hydroxyl groups is 1. The van der Waals surface area contributed by atoms with Crippen LogP contribution in [0.5, 0.6) is 5.75 Å². The van der Waals surface area contributed by atoms with Crippen LogP contribution in [0.3, 0.4) is 0 Å². The van der Waals surface area contributed by atoms with E-state index in [9.17, 15) is 15.2 Å². The predicted molar refractivity (Wildman–Crippen MR) is 101 cm³/mol. The molecule has 1 heterocycles. The molecule has 0 radical (unpaired) electrons. The second kappa shape index (κ2) is 7.05. The Labute approximate surface area is 158 Å². The minimum Gasteiger partial charge on any atom is -0.496 e. The van der Waals surface area contributed by atoms with Crippen molar-refractivity contribution in [3.05, 3.63) is 54.1 Å². The van der Waals surface area contributed by atoms with E-state index in [1.807, 2.05) is 48.5 Å². The summed E-state index contributed by atoms with van der Waals surface area (Å²) in [4.78, 5) is 14.1. The zero-order valence-corrected chi connectivity index (χ0v) is 15.2. The number of aliphatic hydroxyl groups excluding tert-OH is 1. The number of rotatable bonds is 5. The molecule has 27 heavy (non-hydrogen) atoms. The summed E-state index contributed by atoms with van der Waals surface area (Å²) >= 11 is 0. The Balaban J connectivity index is 1.60. The highest BCUT2D eigenvalue weighted by Crippen LogP contribution is 2.44. The molecule has 2 aromatic carbocycles. The van der Waals surface area contributed by atoms with Gasteiger partial charge in [-0.15, -0.1) is 0 Å². The SMILES string of the molecule is COc1ccccc1-c1ccc([C@@H]2[C@@H](C#N)N(C(=O)C3CC3)[C@H]2CO)cc1. The zero-order valence-electron chi connectivity index (χ0n) is 15.2. The molecule has 4 rings (SSSR count). The van der Waals surface area contributed by atoms with Gasteiger partial charge in [-0.2, -0.15) is 5.26 Å². The van der Waals surface area contributed by atoms with Crippen molar-refractivity contribution in [1.29, 1.82) is 5.26 Å². The van der Waals surface area contributed by atoms with Crippen LogP contribution in [0.2, 0.25) is 0 Å². The normalized spacial score (nSPS) is 24.0. The van der Waals surface area contributed by atoms with Gasteiger partial charge in [-0.05, 0) is 30.0 Å². The molecule has 138 valence electrons. The number of nitrogens with zero attached hydrogens (tertiary/aromatic N) is 2. The monoisotopic (exact) mass is 362 g/mol. The van der Waals surface area contributed by atoms with Gasteiger partial charge in [0.15, 0.2) is 0 Å². The van der Waals surface area contributed by atoms with Crippen LogP contribution in [0.1, 0.15) is 24.3 Å². The largest absolute Gasteiger partial charge is 0.496 e. The maximum absolute atomic E-state index is 12.5. The van der Waals surface area contributed by atoms with E-state index in [1.165, 1.54) is 0 Å². The minimum absolute atomic E-state index is 0.0162. The van der Waals surface area contributed by atoms with Crippen LogP contribution in [0, 0.1) is 17.2 Å². The molecule has 0 bridgehead atoms. The van der Waals surface area contributed by atoms with Gasteiger partial charge in [0.2, 0.25) is 5.91 Å². The Morgan fingerprint density at radius 2 is 1.93 bits per heavy atom. The third-order valence-electron chi connectivity index (χ3n) is 5.63. The van der Waals surface area contributed by atoms with E-state index < -0.39 is 6.04 Å². The van der Waals surface area contributed by atoms with Crippen LogP contribution in [0.25, 0.3) is 11.1 Å². The maximum atomic E-state index is 12.5. The van der Waals surface area contributed by atoms with E-state index in [4.69, 9.17) is 4.74 Å². The van der Waals surface area contributed by atoms with Crippen molar-refractivity contribution in [2.24, 2.45) is 5.92 Å². The topological polar surface area (TPSA) is 73.6 Å². The summed E-state index contributed by atoms with van der Waals surface area (Å²) in [5, 5.41) is 19.4. The number of nitriles is 1. The molecule has 2 aromatic rings. The van der Waals surface area contributed by atoms with Gasteiger partial charge in [-0.3, -0.25) is 4.79 Å². The lowest BCUT2D eigenvalue weighted by atomic mass is 9.75. The summed E-state index contributed by atoms with van der Waals surface area (Å²) < 4.78 is 5.43. The molecule has 3 atom stereocenters. The Morgan fingerprint density at radius 3 is 2.52 bits per heavy atom. The average Bonchev–Trinajstić information content (AvgIpc) is 3.53. The summed E-state index contributed by atoms with van der Waals surface area (Å²) in [5.41, 5.74) is 3.00. The molecule has 1 saturated heterocycles. The highest BCUT2D eigenvalue weighted by Gasteiger charge is 2.53. The van der Waals surface area contributed by atoms with Crippen LogP contribution in [0.15, 0.2) is 48.5 Å². The van der Waals surface area contributed by atoms with Crippen LogP contribution in [0.4, 0.5) is 0 Å². The van der Waals surface area contributed by atoms with Crippen molar-refractivity contribution in [2.75, 3.05) is 13.7 Å². The van der Waals surface area contributed by atoms with Crippen LogP contribution >= 0.6 is 0 Å². The second-order valence-corrected chi connectivity index (χ2v) is 7.19. The van der Waals surface area contributed by atoms with Gasteiger partial charge in [0.05, 0.1) is 25.8 Å². The Bertz CT molecular complexity index is 883. The van der Waals surface area contributed by atoms with Gasteiger partial charge >= 0.3 is 0 Å². The quantitative estimate of drug-likeness (QED) is 0.887. The number of hydrogen-bond donors (Lipinski definition) is 1. The summed E-state index contributed by atoms with van der Waals surface area (Å²) in [6, 6.07) is 17.2. The van der Waals surface area contributed by atoms with Gasteiger partial charge in [0, 0.05) is 17.4 Å². The molecule has 0 unspecified atom stereocenters. The molecule has 1 aliphatic heterocycles. The molecule has 5 nitrogen and oxygen atoms in total. The number of ether oxygens (including phenoxy) is 1. The fourth-order valence-electron chi connectivity index (χ4n) is 4.02. The van der Waals surface area contributed by atoms with Crippen molar-refractivity contribution in [3.63, 3.8) is 0 Å². The Morgan fingerprint density at radius 1 is 1.22 bits per heavy atom. The van der Waals surface area contributed by atoms with Gasteiger partial charge in [-0.25, -0.2) is 0 Å². The van der Waals surface area contributed by atoms with Crippen molar-refractivity contribution in [3.8, 4) is 22.9 Å². The van der Waals surface area contributed by atoms with Gasteiger partial charge in [0.1, 0.15) is 11.8 Å². The molecule has 0 spiro atoms. The maximum Gasteiger partial charge on any atom is 0.227 e. The molecule has 0 aromatic heterocycles. The van der Waals surface area contributed by atoms with Crippen LogP contribution in [-0.4, -0.2) is 41.7 Å². The number of carbonyl (C=O) groups is 1. The fraction of sp³-hybridized carbons (Fsp3) is 0.364. The number of likely N-dealkylation sites (tertiary alicyclic amines) is 1. The fourth-order valence-corrected chi connectivity index (χ4v) is 4.02. The highest BCUT2D eigenvalue weighted by atomic mass is 16.5. The number of amides is 1. The van der Waals surface area contributed by atoms with Crippen molar-refractivity contribution in [2.45, 2.75) is 30.8 Å². The first-order valence-electron chi connectivity index (χ1n) is 9.25. The van der Waals surface area contributed by atoms with E-state index >= 15 is 0 Å². The number of benzene rings is 2. The molecule has 1 N–H and O–H groups in total. The van der Waals surface area contributed by atoms with E-state index in [-0.39, 0.29) is 30.4 Å². The van der Waals surface area contributed by atoms with Crippen molar-refractivity contribution >= 4 is 5.91 Å². The minimum atomic E-state index is -0.507.